The number of ether oxygens (including phenoxy) is 2. The van der Waals surface area contributed by atoms with Gasteiger partial charge in [0.05, 0.1) is 29.8 Å². The van der Waals surface area contributed by atoms with Crippen molar-refractivity contribution < 1.29 is 28.7 Å². The number of hydrogen-bond acceptors (Lipinski definition) is 6. The van der Waals surface area contributed by atoms with Crippen LogP contribution in [0.2, 0.25) is 0 Å². The molecule has 2 aliphatic rings. The number of anilines is 1. The molecule has 0 aliphatic carbocycles. The minimum atomic E-state index is -0.761. The summed E-state index contributed by atoms with van der Waals surface area (Å²) in [6.07, 6.45) is 0.0248. The quantitative estimate of drug-likeness (QED) is 0.593. The Kier molecular flexibility index (Phi) is 7.14. The van der Waals surface area contributed by atoms with Gasteiger partial charge in [0, 0.05) is 18.7 Å². The van der Waals surface area contributed by atoms with E-state index in [-0.39, 0.29) is 43.4 Å². The number of esters is 2. The lowest BCUT2D eigenvalue weighted by Crippen LogP contribution is -2.47. The molecule has 0 aromatic heterocycles. The highest BCUT2D eigenvalue weighted by molar-refractivity contribution is 5.99. The Morgan fingerprint density at radius 1 is 1.03 bits per heavy atom. The summed E-state index contributed by atoms with van der Waals surface area (Å²) in [6, 6.07) is 15.2. The van der Waals surface area contributed by atoms with Gasteiger partial charge in [0.25, 0.3) is 0 Å². The van der Waals surface area contributed by atoms with Crippen LogP contribution in [-0.4, -0.2) is 43.6 Å². The fourth-order valence-electron chi connectivity index (χ4n) is 4.18. The standard InChI is InChI=1S/C26H27N3O6/c1-3-34-25(32)22-20(27-26(33)28-23(22)17-7-5-4-6-8-17)15-35-24(31)18-13-21(30)29(14-18)19-11-9-16(2)10-12-19/h4-12,18,23H,3,13-15H2,1-2H3,(H2,27,28,33)/t18-,23-/m1/s1. The lowest BCUT2D eigenvalue weighted by atomic mass is 9.95. The van der Waals surface area contributed by atoms with Crippen LogP contribution in [-0.2, 0) is 23.9 Å². The molecule has 9 nitrogen and oxygen atoms in total. The van der Waals surface area contributed by atoms with Gasteiger partial charge in [0.2, 0.25) is 5.91 Å². The molecule has 2 heterocycles. The molecule has 0 unspecified atom stereocenters. The highest BCUT2D eigenvalue weighted by Gasteiger charge is 2.38. The van der Waals surface area contributed by atoms with E-state index in [1.807, 2.05) is 37.3 Å². The maximum Gasteiger partial charge on any atom is 0.338 e. The van der Waals surface area contributed by atoms with Gasteiger partial charge in [-0.05, 0) is 31.5 Å². The van der Waals surface area contributed by atoms with Crippen LogP contribution in [0.25, 0.3) is 0 Å². The summed E-state index contributed by atoms with van der Waals surface area (Å²) in [5.41, 5.74) is 2.78. The molecule has 0 spiro atoms. The predicted octanol–water partition coefficient (Wildman–Crippen LogP) is 2.76. The fourth-order valence-corrected chi connectivity index (χ4v) is 4.18. The molecule has 1 saturated heterocycles. The number of rotatable bonds is 7. The molecule has 1 fully saturated rings. The van der Waals surface area contributed by atoms with Crippen molar-refractivity contribution in [1.29, 1.82) is 0 Å². The molecular formula is C26H27N3O6. The van der Waals surface area contributed by atoms with Crippen LogP contribution in [0.5, 0.6) is 0 Å². The Labute approximate surface area is 203 Å². The summed E-state index contributed by atoms with van der Waals surface area (Å²) in [7, 11) is 0. The zero-order chi connectivity index (χ0) is 24.9. The summed E-state index contributed by atoms with van der Waals surface area (Å²) in [5.74, 6) is -2.02. The van der Waals surface area contributed by atoms with E-state index in [2.05, 4.69) is 10.6 Å². The van der Waals surface area contributed by atoms with Crippen LogP contribution >= 0.6 is 0 Å². The zero-order valence-electron chi connectivity index (χ0n) is 19.6. The number of amides is 3. The lowest BCUT2D eigenvalue weighted by molar-refractivity contribution is -0.147. The van der Waals surface area contributed by atoms with Crippen molar-refractivity contribution in [3.8, 4) is 0 Å². The molecule has 2 aromatic rings. The first kappa shape index (κ1) is 24.0. The minimum absolute atomic E-state index is 0.0248. The molecule has 0 bridgehead atoms. The highest BCUT2D eigenvalue weighted by atomic mass is 16.5. The molecule has 0 saturated carbocycles. The Morgan fingerprint density at radius 2 is 1.74 bits per heavy atom. The van der Waals surface area contributed by atoms with Crippen molar-refractivity contribution in [1.82, 2.24) is 10.6 Å². The number of nitrogens with zero attached hydrogens (tertiary/aromatic N) is 1. The van der Waals surface area contributed by atoms with E-state index in [0.29, 0.717) is 5.56 Å². The normalized spacial score (nSPS) is 19.8. The first-order valence-corrected chi connectivity index (χ1v) is 11.4. The van der Waals surface area contributed by atoms with Crippen molar-refractivity contribution in [2.24, 2.45) is 5.92 Å². The second-order valence-electron chi connectivity index (χ2n) is 8.40. The lowest BCUT2D eigenvalue weighted by Gasteiger charge is -2.29. The van der Waals surface area contributed by atoms with Crippen LogP contribution < -0.4 is 15.5 Å². The largest absolute Gasteiger partial charge is 0.463 e. The van der Waals surface area contributed by atoms with E-state index in [1.54, 1.807) is 36.1 Å². The molecular weight excluding hydrogens is 450 g/mol. The highest BCUT2D eigenvalue weighted by Crippen LogP contribution is 2.29. The number of hydrogen-bond donors (Lipinski definition) is 2. The number of aryl methyl sites for hydroxylation is 1. The van der Waals surface area contributed by atoms with E-state index in [4.69, 9.17) is 9.47 Å². The van der Waals surface area contributed by atoms with Crippen molar-refractivity contribution in [2.45, 2.75) is 26.3 Å². The van der Waals surface area contributed by atoms with Crippen molar-refractivity contribution in [2.75, 3.05) is 24.7 Å². The summed E-state index contributed by atoms with van der Waals surface area (Å²) < 4.78 is 10.7. The van der Waals surface area contributed by atoms with Crippen molar-refractivity contribution in [3.63, 3.8) is 0 Å². The van der Waals surface area contributed by atoms with E-state index in [0.717, 1.165) is 11.3 Å². The van der Waals surface area contributed by atoms with Gasteiger partial charge in [0.15, 0.2) is 0 Å². The summed E-state index contributed by atoms with van der Waals surface area (Å²) in [6.45, 7) is 3.65. The van der Waals surface area contributed by atoms with Crippen LogP contribution in [0, 0.1) is 12.8 Å². The van der Waals surface area contributed by atoms with E-state index in [9.17, 15) is 19.2 Å². The number of nitrogens with one attached hydrogen (secondary N) is 2. The molecule has 2 aromatic carbocycles. The maximum atomic E-state index is 12.8. The monoisotopic (exact) mass is 477 g/mol. The first-order valence-electron chi connectivity index (χ1n) is 11.4. The van der Waals surface area contributed by atoms with E-state index >= 15 is 0 Å². The average Bonchev–Trinajstić information content (AvgIpc) is 3.25. The average molecular weight is 478 g/mol. The van der Waals surface area contributed by atoms with Gasteiger partial charge in [-0.15, -0.1) is 0 Å². The molecule has 182 valence electrons. The Morgan fingerprint density at radius 3 is 2.43 bits per heavy atom. The Balaban J connectivity index is 1.51. The molecule has 35 heavy (non-hydrogen) atoms. The maximum absolute atomic E-state index is 12.8. The van der Waals surface area contributed by atoms with Gasteiger partial charge in [-0.25, -0.2) is 9.59 Å². The zero-order valence-corrected chi connectivity index (χ0v) is 19.6. The van der Waals surface area contributed by atoms with Crippen molar-refractivity contribution >= 4 is 29.6 Å². The molecule has 3 amide bonds. The molecule has 9 heteroatoms. The van der Waals surface area contributed by atoms with E-state index < -0.39 is 29.9 Å². The van der Waals surface area contributed by atoms with Gasteiger partial charge < -0.3 is 25.0 Å². The predicted molar refractivity (Wildman–Crippen MR) is 127 cm³/mol. The minimum Gasteiger partial charge on any atom is -0.463 e. The van der Waals surface area contributed by atoms with Crippen LogP contribution in [0.4, 0.5) is 10.5 Å². The van der Waals surface area contributed by atoms with Gasteiger partial charge in [-0.2, -0.15) is 0 Å². The third-order valence-corrected chi connectivity index (χ3v) is 5.94. The van der Waals surface area contributed by atoms with Gasteiger partial charge in [-0.3, -0.25) is 9.59 Å². The second kappa shape index (κ2) is 10.4. The molecule has 2 aliphatic heterocycles. The summed E-state index contributed by atoms with van der Waals surface area (Å²) in [4.78, 5) is 52.1. The Hall–Kier alpha value is -4.14. The van der Waals surface area contributed by atoms with Crippen molar-refractivity contribution in [3.05, 3.63) is 77.0 Å². The molecule has 2 atom stereocenters. The third kappa shape index (κ3) is 5.34. The number of benzene rings is 2. The van der Waals surface area contributed by atoms with Crippen LogP contribution in [0.1, 0.15) is 30.5 Å². The molecule has 4 rings (SSSR count). The summed E-state index contributed by atoms with van der Waals surface area (Å²) in [5, 5.41) is 5.30. The topological polar surface area (TPSA) is 114 Å². The smallest absolute Gasteiger partial charge is 0.338 e. The van der Waals surface area contributed by atoms with Gasteiger partial charge in [0.1, 0.15) is 6.61 Å². The third-order valence-electron chi connectivity index (χ3n) is 5.94. The molecule has 2 N–H and O–H groups in total. The summed E-state index contributed by atoms with van der Waals surface area (Å²) >= 11 is 0. The first-order chi connectivity index (χ1) is 16.9. The van der Waals surface area contributed by atoms with Gasteiger partial charge in [-0.1, -0.05) is 48.0 Å². The Bertz CT molecular complexity index is 1160. The SMILES string of the molecule is CCOC(=O)C1=C(COC(=O)[C@@H]2CC(=O)N(c3ccc(C)cc3)C2)NC(=O)N[C@@H]1c1ccccc1. The van der Waals surface area contributed by atoms with Gasteiger partial charge >= 0.3 is 18.0 Å². The van der Waals surface area contributed by atoms with E-state index in [1.165, 1.54) is 0 Å². The number of urea groups is 1. The molecule has 0 radical (unpaired) electrons. The second-order valence-corrected chi connectivity index (χ2v) is 8.40. The number of carbonyl (C=O) groups excluding carboxylic acids is 4. The van der Waals surface area contributed by atoms with Crippen LogP contribution in [0.15, 0.2) is 65.9 Å². The van der Waals surface area contributed by atoms with Crippen LogP contribution in [0.3, 0.4) is 0 Å². The fraction of sp³-hybridized carbons (Fsp3) is 0.308. The number of carbonyl (C=O) groups is 4.